The van der Waals surface area contributed by atoms with E-state index in [1.807, 2.05) is 30.6 Å². The summed E-state index contributed by atoms with van der Waals surface area (Å²) < 4.78 is 5.32. The smallest absolute Gasteiger partial charge is 0.137 e. The first-order valence-electron chi connectivity index (χ1n) is 10.3. The third kappa shape index (κ3) is 5.88. The van der Waals surface area contributed by atoms with E-state index in [0.717, 1.165) is 43.9 Å². The van der Waals surface area contributed by atoms with Gasteiger partial charge in [0.2, 0.25) is 0 Å². The minimum atomic E-state index is 0. The number of fused-ring (bicyclic) bond motifs is 1. The van der Waals surface area contributed by atoms with Crippen LogP contribution in [-0.4, -0.2) is 17.1 Å². The molecule has 158 valence electrons. The predicted molar refractivity (Wildman–Crippen MR) is 125 cm³/mol. The Labute approximate surface area is 189 Å². The van der Waals surface area contributed by atoms with Gasteiger partial charge in [0, 0.05) is 25.8 Å². The first-order chi connectivity index (χ1) is 14.3. The Kier molecular flexibility index (Phi) is 8.37. The molecular formula is C24H29BrN4O. The molecule has 0 saturated carbocycles. The van der Waals surface area contributed by atoms with E-state index in [1.54, 1.807) is 7.11 Å². The zero-order valence-electron chi connectivity index (χ0n) is 17.3. The molecular weight excluding hydrogens is 440 g/mol. The lowest BCUT2D eigenvalue weighted by molar-refractivity contribution is 0.405. The Hall–Kier alpha value is -2.28. The van der Waals surface area contributed by atoms with Crippen molar-refractivity contribution >= 4 is 17.0 Å². The van der Waals surface area contributed by atoms with Gasteiger partial charge >= 0.3 is 0 Å². The summed E-state index contributed by atoms with van der Waals surface area (Å²) in [6, 6.07) is 17.2. The van der Waals surface area contributed by atoms with Crippen molar-refractivity contribution in [2.45, 2.75) is 44.9 Å². The second-order valence-corrected chi connectivity index (χ2v) is 7.49. The van der Waals surface area contributed by atoms with Crippen LogP contribution in [0.5, 0.6) is 5.75 Å². The van der Waals surface area contributed by atoms with Crippen molar-refractivity contribution in [1.29, 1.82) is 0 Å². The van der Waals surface area contributed by atoms with Crippen LogP contribution in [0.25, 0.3) is 0 Å². The Morgan fingerprint density at radius 1 is 1.00 bits per heavy atom. The maximum Gasteiger partial charge on any atom is 0.137 e. The Bertz CT molecular complexity index is 918. The van der Waals surface area contributed by atoms with Crippen molar-refractivity contribution in [3.05, 3.63) is 89.0 Å². The topological polar surface area (TPSA) is 59.1 Å². The van der Waals surface area contributed by atoms with Crippen LogP contribution in [0.3, 0.4) is 0 Å². The van der Waals surface area contributed by atoms with Gasteiger partial charge in [0.25, 0.3) is 0 Å². The summed E-state index contributed by atoms with van der Waals surface area (Å²) in [5.41, 5.74) is 6.11. The molecule has 0 spiro atoms. The van der Waals surface area contributed by atoms with E-state index < -0.39 is 0 Å². The molecule has 2 N–H and O–H groups in total. The number of benzene rings is 1. The fourth-order valence-electron chi connectivity index (χ4n) is 3.81. The molecule has 6 heteroatoms. The van der Waals surface area contributed by atoms with Crippen LogP contribution in [0, 0.1) is 0 Å². The molecule has 4 rings (SSSR count). The van der Waals surface area contributed by atoms with Crippen molar-refractivity contribution in [2.24, 2.45) is 0 Å². The molecule has 0 saturated heterocycles. The summed E-state index contributed by atoms with van der Waals surface area (Å²) in [6.07, 6.45) is 7.04. The molecule has 0 amide bonds. The minimum absolute atomic E-state index is 0. The number of halogens is 1. The molecule has 1 aliphatic carbocycles. The highest BCUT2D eigenvalue weighted by Gasteiger charge is 2.21. The molecule has 2 heterocycles. The van der Waals surface area contributed by atoms with Crippen LogP contribution in [0.4, 0.5) is 0 Å². The Balaban J connectivity index is 0.00000256. The summed E-state index contributed by atoms with van der Waals surface area (Å²) >= 11 is 0. The number of pyridine rings is 2. The van der Waals surface area contributed by atoms with Gasteiger partial charge in [0.15, 0.2) is 0 Å². The summed E-state index contributed by atoms with van der Waals surface area (Å²) in [4.78, 5) is 8.99. The summed E-state index contributed by atoms with van der Waals surface area (Å²) in [5, 5.41) is 7.13. The van der Waals surface area contributed by atoms with Gasteiger partial charge in [-0.3, -0.25) is 9.97 Å². The van der Waals surface area contributed by atoms with E-state index in [-0.39, 0.29) is 17.0 Å². The first kappa shape index (κ1) is 22.4. The molecule has 3 aromatic rings. The molecule has 30 heavy (non-hydrogen) atoms. The van der Waals surface area contributed by atoms with Gasteiger partial charge in [-0.2, -0.15) is 0 Å². The van der Waals surface area contributed by atoms with Crippen molar-refractivity contribution in [3.63, 3.8) is 0 Å². The van der Waals surface area contributed by atoms with E-state index in [4.69, 9.17) is 4.74 Å². The molecule has 5 nitrogen and oxygen atoms in total. The van der Waals surface area contributed by atoms with E-state index >= 15 is 0 Å². The van der Waals surface area contributed by atoms with Gasteiger partial charge in [0.05, 0.1) is 30.7 Å². The van der Waals surface area contributed by atoms with Gasteiger partial charge < -0.3 is 15.4 Å². The number of nitrogens with one attached hydrogen (secondary N) is 2. The van der Waals surface area contributed by atoms with Crippen LogP contribution in [0.15, 0.2) is 60.9 Å². The van der Waals surface area contributed by atoms with Gasteiger partial charge in [-0.25, -0.2) is 0 Å². The van der Waals surface area contributed by atoms with Crippen molar-refractivity contribution in [1.82, 2.24) is 20.6 Å². The standard InChI is InChI=1S/C24H28N4O.BrH/c1-29-22-13-20-5-4-7-23(24(20)28-17-22)27-15-19-10-8-18(9-11-19)14-25-16-21-6-2-3-12-26-21;/h2-3,6,8-13,17,23,25,27H,4-5,7,14-16H2,1H3;1H. The second-order valence-electron chi connectivity index (χ2n) is 7.49. The quantitative estimate of drug-likeness (QED) is 0.508. The van der Waals surface area contributed by atoms with Gasteiger partial charge in [-0.1, -0.05) is 30.3 Å². The molecule has 0 bridgehead atoms. The van der Waals surface area contributed by atoms with Gasteiger partial charge in [-0.05, 0) is 54.2 Å². The fraction of sp³-hybridized carbons (Fsp3) is 0.333. The largest absolute Gasteiger partial charge is 0.495 e. The van der Waals surface area contributed by atoms with Gasteiger partial charge in [0.1, 0.15) is 5.75 Å². The van der Waals surface area contributed by atoms with Gasteiger partial charge in [-0.15, -0.1) is 17.0 Å². The SMILES string of the molecule is Br.COc1cnc2c(c1)CCCC2NCc1ccc(CNCc2ccccn2)cc1. The molecule has 2 aromatic heterocycles. The molecule has 1 aliphatic rings. The average Bonchev–Trinajstić information content (AvgIpc) is 2.79. The van der Waals surface area contributed by atoms with E-state index in [0.29, 0.717) is 6.04 Å². The predicted octanol–water partition coefficient (Wildman–Crippen LogP) is 4.52. The third-order valence-corrected chi connectivity index (χ3v) is 5.42. The number of aromatic nitrogens is 2. The van der Waals surface area contributed by atoms with Crippen LogP contribution >= 0.6 is 17.0 Å². The highest BCUT2D eigenvalue weighted by molar-refractivity contribution is 8.93. The van der Waals surface area contributed by atoms with E-state index in [9.17, 15) is 0 Å². The van der Waals surface area contributed by atoms with Crippen LogP contribution < -0.4 is 15.4 Å². The fourth-order valence-corrected chi connectivity index (χ4v) is 3.81. The summed E-state index contributed by atoms with van der Waals surface area (Å²) in [7, 11) is 1.69. The lowest BCUT2D eigenvalue weighted by Gasteiger charge is -2.25. The van der Waals surface area contributed by atoms with Crippen molar-refractivity contribution < 1.29 is 4.74 Å². The summed E-state index contributed by atoms with van der Waals surface area (Å²) in [6.45, 7) is 2.47. The Morgan fingerprint density at radius 2 is 1.80 bits per heavy atom. The number of nitrogens with zero attached hydrogens (tertiary/aromatic N) is 2. The zero-order valence-corrected chi connectivity index (χ0v) is 19.0. The zero-order chi connectivity index (χ0) is 19.9. The molecule has 1 unspecified atom stereocenters. The van der Waals surface area contributed by atoms with Crippen molar-refractivity contribution in [3.8, 4) is 5.75 Å². The minimum Gasteiger partial charge on any atom is -0.495 e. The van der Waals surface area contributed by atoms with Crippen LogP contribution in [-0.2, 0) is 26.1 Å². The molecule has 1 aromatic carbocycles. The third-order valence-electron chi connectivity index (χ3n) is 5.42. The number of aryl methyl sites for hydroxylation is 1. The number of hydrogen-bond donors (Lipinski definition) is 2. The average molecular weight is 469 g/mol. The highest BCUT2D eigenvalue weighted by atomic mass is 79.9. The lowest BCUT2D eigenvalue weighted by atomic mass is 9.91. The molecule has 1 atom stereocenters. The Morgan fingerprint density at radius 3 is 2.53 bits per heavy atom. The van der Waals surface area contributed by atoms with E-state index in [2.05, 4.69) is 50.9 Å². The summed E-state index contributed by atoms with van der Waals surface area (Å²) in [5.74, 6) is 0.844. The molecule has 0 aliphatic heterocycles. The van der Waals surface area contributed by atoms with Crippen LogP contribution in [0.1, 0.15) is 47.0 Å². The monoisotopic (exact) mass is 468 g/mol. The van der Waals surface area contributed by atoms with E-state index in [1.165, 1.54) is 28.8 Å². The molecule has 0 fully saturated rings. The number of methoxy groups -OCH3 is 1. The lowest BCUT2D eigenvalue weighted by Crippen LogP contribution is -2.26. The molecule has 0 radical (unpaired) electrons. The maximum atomic E-state index is 5.32. The number of rotatable bonds is 8. The number of ether oxygens (including phenoxy) is 1. The first-order valence-corrected chi connectivity index (χ1v) is 10.3. The van der Waals surface area contributed by atoms with Crippen LogP contribution in [0.2, 0.25) is 0 Å². The normalized spacial score (nSPS) is 15.2. The van der Waals surface area contributed by atoms with Crippen molar-refractivity contribution in [2.75, 3.05) is 7.11 Å². The number of hydrogen-bond acceptors (Lipinski definition) is 5. The highest BCUT2D eigenvalue weighted by Crippen LogP contribution is 2.30. The maximum absolute atomic E-state index is 5.32. The second kappa shape index (κ2) is 11.2.